The number of anilines is 1. The molecule has 1 N–H and O–H groups in total. The molecule has 0 aliphatic heterocycles. The van der Waals surface area contributed by atoms with Crippen molar-refractivity contribution in [1.29, 1.82) is 0 Å². The largest absolute Gasteiger partial charge is 0.497 e. The number of aromatic nitrogens is 2. The summed E-state index contributed by atoms with van der Waals surface area (Å²) in [4.78, 5) is 11.9. The number of ether oxygens (including phenoxy) is 2. The summed E-state index contributed by atoms with van der Waals surface area (Å²) in [7, 11) is 3.19. The predicted molar refractivity (Wildman–Crippen MR) is 86.1 cm³/mol. The summed E-state index contributed by atoms with van der Waals surface area (Å²) < 4.78 is 11.8. The van der Waals surface area contributed by atoms with Gasteiger partial charge in [0, 0.05) is 24.7 Å². The molecule has 0 saturated heterocycles. The molecule has 0 radical (unpaired) electrons. The first kappa shape index (κ1) is 16.2. The molecule has 0 bridgehead atoms. The van der Waals surface area contributed by atoms with Gasteiger partial charge in [0.25, 0.3) is 5.56 Å². The van der Waals surface area contributed by atoms with Crippen LogP contribution in [0, 0.1) is 0 Å². The number of aryl methyl sites for hydroxylation is 1. The quantitative estimate of drug-likeness (QED) is 0.885. The van der Waals surface area contributed by atoms with Crippen LogP contribution in [0.15, 0.2) is 29.2 Å². The molecule has 0 saturated carbocycles. The normalized spacial score (nSPS) is 10.4. The molecular weight excluding hydrogens is 306 g/mol. The Bertz CT molecular complexity index is 716. The number of rotatable bonds is 6. The third kappa shape index (κ3) is 3.33. The summed E-state index contributed by atoms with van der Waals surface area (Å²) in [5.41, 5.74) is 1.10. The Morgan fingerprint density at radius 2 is 2.09 bits per heavy atom. The topological polar surface area (TPSA) is 65.4 Å². The van der Waals surface area contributed by atoms with Crippen molar-refractivity contribution in [2.45, 2.75) is 20.0 Å². The van der Waals surface area contributed by atoms with Gasteiger partial charge in [-0.2, -0.15) is 5.10 Å². The molecule has 2 rings (SSSR count). The molecule has 2 aromatic rings. The van der Waals surface area contributed by atoms with Crippen LogP contribution in [0.25, 0.3) is 0 Å². The number of nitrogens with zero attached hydrogens (tertiary/aromatic N) is 2. The van der Waals surface area contributed by atoms with Crippen molar-refractivity contribution in [3.8, 4) is 11.5 Å². The van der Waals surface area contributed by atoms with Crippen molar-refractivity contribution in [2.24, 2.45) is 0 Å². The molecule has 0 unspecified atom stereocenters. The zero-order chi connectivity index (χ0) is 16.1. The first-order valence-electron chi connectivity index (χ1n) is 6.81. The highest BCUT2D eigenvalue weighted by atomic mass is 35.5. The van der Waals surface area contributed by atoms with Crippen LogP contribution in [0.4, 0.5) is 5.69 Å². The Morgan fingerprint density at radius 3 is 2.73 bits per heavy atom. The summed E-state index contributed by atoms with van der Waals surface area (Å²) in [5, 5.41) is 7.28. The highest BCUT2D eigenvalue weighted by Gasteiger charge is 2.10. The molecule has 0 fully saturated rings. The SMILES string of the molecule is CCn1ncc(NCc2ccc(OC)cc2OC)c(Cl)c1=O. The first-order chi connectivity index (χ1) is 10.6. The highest BCUT2D eigenvalue weighted by molar-refractivity contribution is 6.32. The number of hydrogen-bond acceptors (Lipinski definition) is 5. The lowest BCUT2D eigenvalue weighted by molar-refractivity contribution is 0.391. The average Bonchev–Trinajstić information content (AvgIpc) is 2.56. The Kier molecular flexibility index (Phi) is 5.27. The highest BCUT2D eigenvalue weighted by Crippen LogP contribution is 2.26. The number of halogens is 1. The van der Waals surface area contributed by atoms with Crippen LogP contribution < -0.4 is 20.3 Å². The smallest absolute Gasteiger partial charge is 0.287 e. The summed E-state index contributed by atoms with van der Waals surface area (Å²) in [6, 6.07) is 5.53. The molecule has 0 aliphatic carbocycles. The van der Waals surface area contributed by atoms with E-state index in [1.807, 2.05) is 19.1 Å². The molecule has 0 atom stereocenters. The van der Waals surface area contributed by atoms with Crippen molar-refractivity contribution in [1.82, 2.24) is 9.78 Å². The molecule has 7 heteroatoms. The van der Waals surface area contributed by atoms with Gasteiger partial charge in [-0.25, -0.2) is 4.68 Å². The van der Waals surface area contributed by atoms with Gasteiger partial charge in [0.15, 0.2) is 0 Å². The maximum Gasteiger partial charge on any atom is 0.287 e. The van der Waals surface area contributed by atoms with Crippen molar-refractivity contribution in [3.05, 3.63) is 45.3 Å². The predicted octanol–water partition coefficient (Wildman–Crippen LogP) is 2.55. The molecule has 0 amide bonds. The van der Waals surface area contributed by atoms with Gasteiger partial charge < -0.3 is 14.8 Å². The number of hydrogen-bond donors (Lipinski definition) is 1. The van der Waals surface area contributed by atoms with Gasteiger partial charge in [0.05, 0.1) is 26.1 Å². The van der Waals surface area contributed by atoms with Crippen LogP contribution in [0.2, 0.25) is 5.02 Å². The van der Waals surface area contributed by atoms with E-state index in [0.717, 1.165) is 5.56 Å². The molecular formula is C15H18ClN3O3. The van der Waals surface area contributed by atoms with Crippen molar-refractivity contribution < 1.29 is 9.47 Å². The fourth-order valence-electron chi connectivity index (χ4n) is 2.00. The standard InChI is InChI=1S/C15H18ClN3O3/c1-4-19-15(20)14(16)12(9-18-19)17-8-10-5-6-11(21-2)7-13(10)22-3/h5-7,9,17H,4,8H2,1-3H3. The van der Waals surface area contributed by atoms with E-state index in [1.165, 1.54) is 4.68 Å². The molecule has 0 spiro atoms. The van der Waals surface area contributed by atoms with E-state index in [4.69, 9.17) is 21.1 Å². The van der Waals surface area contributed by atoms with E-state index in [0.29, 0.717) is 30.3 Å². The first-order valence-corrected chi connectivity index (χ1v) is 7.18. The molecule has 1 aromatic heterocycles. The third-order valence-electron chi connectivity index (χ3n) is 3.25. The van der Waals surface area contributed by atoms with E-state index >= 15 is 0 Å². The molecule has 1 aromatic carbocycles. The zero-order valence-corrected chi connectivity index (χ0v) is 13.5. The maximum atomic E-state index is 11.9. The number of benzene rings is 1. The van der Waals surface area contributed by atoms with Gasteiger partial charge in [-0.1, -0.05) is 11.6 Å². The van der Waals surface area contributed by atoms with E-state index in [2.05, 4.69) is 10.4 Å². The molecule has 0 aliphatic rings. The van der Waals surface area contributed by atoms with E-state index < -0.39 is 0 Å². The fraction of sp³-hybridized carbons (Fsp3) is 0.333. The molecule has 1 heterocycles. The van der Waals surface area contributed by atoms with Gasteiger partial charge in [0.2, 0.25) is 0 Å². The lowest BCUT2D eigenvalue weighted by atomic mass is 10.2. The lowest BCUT2D eigenvalue weighted by Crippen LogP contribution is -2.23. The minimum Gasteiger partial charge on any atom is -0.497 e. The number of nitrogens with one attached hydrogen (secondary N) is 1. The second kappa shape index (κ2) is 7.17. The third-order valence-corrected chi connectivity index (χ3v) is 3.61. The summed E-state index contributed by atoms with van der Waals surface area (Å²) in [6.07, 6.45) is 1.54. The van der Waals surface area contributed by atoms with Gasteiger partial charge in [0.1, 0.15) is 16.5 Å². The lowest BCUT2D eigenvalue weighted by Gasteiger charge is -2.13. The van der Waals surface area contributed by atoms with Gasteiger partial charge >= 0.3 is 0 Å². The van der Waals surface area contributed by atoms with Crippen LogP contribution in [0.3, 0.4) is 0 Å². The van der Waals surface area contributed by atoms with E-state index in [-0.39, 0.29) is 10.6 Å². The Labute approximate surface area is 133 Å². The van der Waals surface area contributed by atoms with Crippen LogP contribution >= 0.6 is 11.6 Å². The summed E-state index contributed by atoms with van der Waals surface area (Å²) >= 11 is 6.08. The Balaban J connectivity index is 2.20. The van der Waals surface area contributed by atoms with Crippen molar-refractivity contribution in [2.75, 3.05) is 19.5 Å². The Hall–Kier alpha value is -2.21. The number of methoxy groups -OCH3 is 2. The Morgan fingerprint density at radius 1 is 1.32 bits per heavy atom. The summed E-state index contributed by atoms with van der Waals surface area (Å²) in [5.74, 6) is 1.41. The second-order valence-corrected chi connectivity index (χ2v) is 4.90. The van der Waals surface area contributed by atoms with Gasteiger partial charge in [-0.05, 0) is 19.1 Å². The van der Waals surface area contributed by atoms with Crippen LogP contribution in [-0.2, 0) is 13.1 Å². The van der Waals surface area contributed by atoms with E-state index in [9.17, 15) is 4.79 Å². The van der Waals surface area contributed by atoms with Gasteiger partial charge in [-0.3, -0.25) is 4.79 Å². The second-order valence-electron chi connectivity index (χ2n) is 4.52. The average molecular weight is 324 g/mol. The summed E-state index contributed by atoms with van der Waals surface area (Å²) in [6.45, 7) is 2.76. The monoisotopic (exact) mass is 323 g/mol. The zero-order valence-electron chi connectivity index (χ0n) is 12.7. The van der Waals surface area contributed by atoms with Crippen LogP contribution in [0.1, 0.15) is 12.5 Å². The van der Waals surface area contributed by atoms with Crippen molar-refractivity contribution in [3.63, 3.8) is 0 Å². The van der Waals surface area contributed by atoms with E-state index in [1.54, 1.807) is 26.5 Å². The molecule has 22 heavy (non-hydrogen) atoms. The van der Waals surface area contributed by atoms with Crippen LogP contribution in [0.5, 0.6) is 11.5 Å². The molecule has 6 nitrogen and oxygen atoms in total. The maximum absolute atomic E-state index is 11.9. The van der Waals surface area contributed by atoms with Crippen LogP contribution in [-0.4, -0.2) is 24.0 Å². The van der Waals surface area contributed by atoms with Gasteiger partial charge in [-0.15, -0.1) is 0 Å². The van der Waals surface area contributed by atoms with Crippen molar-refractivity contribution >= 4 is 17.3 Å². The molecule has 118 valence electrons. The fourth-order valence-corrected chi connectivity index (χ4v) is 2.22. The minimum atomic E-state index is -0.309. The minimum absolute atomic E-state index is 0.129.